The number of carbonyl (C=O) groups excluding carboxylic acids is 2. The third-order valence-corrected chi connectivity index (χ3v) is 5.54. The van der Waals surface area contributed by atoms with Gasteiger partial charge in [-0.05, 0) is 64.9 Å². The zero-order valence-corrected chi connectivity index (χ0v) is 18.7. The number of carbonyl (C=O) groups is 2. The van der Waals surface area contributed by atoms with Crippen LogP contribution in [0.5, 0.6) is 0 Å². The molecular weight excluding hydrogens is 482 g/mol. The number of rotatable bonds is 4. The SMILES string of the molecule is CC(C)(C)OC=O.O=C(NS(=O)(=O)c1cc(C(F)(F)F)cc(C(F)(F)F)c1)C1CCNCC1. The van der Waals surface area contributed by atoms with E-state index in [0.29, 0.717) is 32.4 Å². The van der Waals surface area contributed by atoms with Gasteiger partial charge in [-0.15, -0.1) is 0 Å². The smallest absolute Gasteiger partial charge is 0.416 e. The van der Waals surface area contributed by atoms with Crippen LogP contribution in [0, 0.1) is 5.92 Å². The fourth-order valence-corrected chi connectivity index (χ4v) is 3.70. The zero-order chi connectivity index (χ0) is 25.7. The Balaban J connectivity index is 0.000000675. The first-order valence-corrected chi connectivity index (χ1v) is 11.0. The topological polar surface area (TPSA) is 102 Å². The molecule has 14 heteroatoms. The third-order valence-electron chi connectivity index (χ3n) is 4.22. The summed E-state index contributed by atoms with van der Waals surface area (Å²) in [6, 6.07) is -0.0613. The molecule has 1 fully saturated rings. The number of amides is 1. The van der Waals surface area contributed by atoms with Crippen LogP contribution in [0.4, 0.5) is 26.3 Å². The molecule has 0 aliphatic carbocycles. The summed E-state index contributed by atoms with van der Waals surface area (Å²) in [7, 11) is -4.89. The lowest BCUT2D eigenvalue weighted by atomic mass is 9.98. The maximum atomic E-state index is 12.8. The van der Waals surface area contributed by atoms with Crippen molar-refractivity contribution in [3.8, 4) is 0 Å². The molecule has 1 heterocycles. The number of hydrogen-bond donors (Lipinski definition) is 2. The molecular formula is C19H24F6N2O5S. The number of benzene rings is 1. The van der Waals surface area contributed by atoms with E-state index in [1.165, 1.54) is 0 Å². The molecule has 0 radical (unpaired) electrons. The summed E-state index contributed by atoms with van der Waals surface area (Å²) in [4.78, 5) is 20.3. The lowest BCUT2D eigenvalue weighted by Gasteiger charge is -2.22. The van der Waals surface area contributed by atoms with Crippen LogP contribution in [-0.2, 0) is 36.7 Å². The molecule has 1 aliphatic heterocycles. The van der Waals surface area contributed by atoms with Gasteiger partial charge >= 0.3 is 12.4 Å². The van der Waals surface area contributed by atoms with Gasteiger partial charge in [-0.3, -0.25) is 9.59 Å². The molecule has 0 aromatic heterocycles. The van der Waals surface area contributed by atoms with Gasteiger partial charge in [-0.25, -0.2) is 13.1 Å². The molecule has 7 nitrogen and oxygen atoms in total. The van der Waals surface area contributed by atoms with E-state index in [-0.39, 0.29) is 23.8 Å². The van der Waals surface area contributed by atoms with Crippen LogP contribution in [0.25, 0.3) is 0 Å². The molecule has 1 amide bonds. The molecule has 1 aliphatic rings. The summed E-state index contributed by atoms with van der Waals surface area (Å²) in [5, 5.41) is 2.93. The minimum Gasteiger partial charge on any atom is -0.462 e. The highest BCUT2D eigenvalue weighted by Crippen LogP contribution is 2.37. The number of ether oxygens (including phenoxy) is 1. The molecule has 0 unspecified atom stereocenters. The normalized spacial score (nSPS) is 15.8. The fraction of sp³-hybridized carbons (Fsp3) is 0.579. The van der Waals surface area contributed by atoms with Crippen LogP contribution < -0.4 is 10.0 Å². The van der Waals surface area contributed by atoms with Crippen molar-refractivity contribution in [1.82, 2.24) is 10.0 Å². The first kappa shape index (κ1) is 28.7. The highest BCUT2D eigenvalue weighted by Gasteiger charge is 2.38. The van der Waals surface area contributed by atoms with Crippen LogP contribution >= 0.6 is 0 Å². The second-order valence-electron chi connectivity index (χ2n) is 8.06. The van der Waals surface area contributed by atoms with Gasteiger partial charge in [0.15, 0.2) is 0 Å². The summed E-state index contributed by atoms with van der Waals surface area (Å²) < 4.78 is 107. The van der Waals surface area contributed by atoms with Crippen molar-refractivity contribution in [2.24, 2.45) is 5.92 Å². The van der Waals surface area contributed by atoms with E-state index in [9.17, 15) is 44.3 Å². The lowest BCUT2D eigenvalue weighted by molar-refractivity contribution is -0.143. The molecule has 1 aromatic rings. The van der Waals surface area contributed by atoms with Crippen LogP contribution in [-0.4, -0.2) is 39.5 Å². The Morgan fingerprint density at radius 2 is 1.45 bits per heavy atom. The summed E-state index contributed by atoms with van der Waals surface area (Å²) in [6.07, 6.45) is -9.77. The molecule has 33 heavy (non-hydrogen) atoms. The Labute approximate surface area is 186 Å². The van der Waals surface area contributed by atoms with Gasteiger partial charge in [0, 0.05) is 5.92 Å². The van der Waals surface area contributed by atoms with Crippen LogP contribution in [0.3, 0.4) is 0 Å². The minimum absolute atomic E-state index is 0.0628. The summed E-state index contributed by atoms with van der Waals surface area (Å²) in [5.41, 5.74) is -3.87. The third kappa shape index (κ3) is 9.58. The van der Waals surface area contributed by atoms with E-state index in [4.69, 9.17) is 0 Å². The van der Waals surface area contributed by atoms with Crippen molar-refractivity contribution >= 4 is 22.4 Å². The number of nitrogens with one attached hydrogen (secondary N) is 2. The molecule has 0 saturated carbocycles. The highest BCUT2D eigenvalue weighted by molar-refractivity contribution is 7.90. The molecule has 0 spiro atoms. The average Bonchev–Trinajstić information content (AvgIpc) is 2.66. The Bertz CT molecular complexity index is 901. The summed E-state index contributed by atoms with van der Waals surface area (Å²) in [6.45, 7) is 6.81. The predicted octanol–water partition coefficient (Wildman–Crippen LogP) is 3.49. The van der Waals surface area contributed by atoms with Gasteiger partial charge < -0.3 is 10.1 Å². The highest BCUT2D eigenvalue weighted by atomic mass is 32.2. The number of hydrogen-bond acceptors (Lipinski definition) is 6. The van der Waals surface area contributed by atoms with Gasteiger partial charge in [0.25, 0.3) is 16.5 Å². The van der Waals surface area contributed by atoms with Gasteiger partial charge in [0.1, 0.15) is 5.60 Å². The van der Waals surface area contributed by atoms with E-state index >= 15 is 0 Å². The van der Waals surface area contributed by atoms with Crippen molar-refractivity contribution in [2.75, 3.05) is 13.1 Å². The Morgan fingerprint density at radius 3 is 1.79 bits per heavy atom. The molecule has 1 aromatic carbocycles. The van der Waals surface area contributed by atoms with E-state index < -0.39 is 50.2 Å². The van der Waals surface area contributed by atoms with Crippen molar-refractivity contribution in [3.05, 3.63) is 29.3 Å². The number of alkyl halides is 6. The molecule has 0 bridgehead atoms. The Hall–Kier alpha value is -2.35. The van der Waals surface area contributed by atoms with Gasteiger partial charge in [-0.2, -0.15) is 26.3 Å². The zero-order valence-electron chi connectivity index (χ0n) is 17.9. The van der Waals surface area contributed by atoms with Crippen molar-refractivity contribution in [1.29, 1.82) is 0 Å². The molecule has 1 saturated heterocycles. The fourth-order valence-electron chi connectivity index (χ4n) is 2.58. The largest absolute Gasteiger partial charge is 0.462 e. The molecule has 2 rings (SSSR count). The first-order valence-electron chi connectivity index (χ1n) is 9.55. The Morgan fingerprint density at radius 1 is 1.00 bits per heavy atom. The summed E-state index contributed by atoms with van der Waals surface area (Å²) in [5.74, 6) is -1.66. The predicted molar refractivity (Wildman–Crippen MR) is 104 cm³/mol. The summed E-state index contributed by atoms with van der Waals surface area (Å²) >= 11 is 0. The van der Waals surface area contributed by atoms with E-state index in [1.807, 2.05) is 20.8 Å². The van der Waals surface area contributed by atoms with Crippen LogP contribution in [0.2, 0.25) is 0 Å². The second kappa shape index (κ2) is 10.7. The second-order valence-corrected chi connectivity index (χ2v) is 9.74. The number of sulfonamides is 1. The Kier molecular flexibility index (Phi) is 9.32. The number of piperidine rings is 1. The van der Waals surface area contributed by atoms with Crippen molar-refractivity contribution < 1.29 is 49.1 Å². The van der Waals surface area contributed by atoms with Gasteiger partial charge in [-0.1, -0.05) is 0 Å². The standard InChI is InChI=1S/C14H14F6N2O3S.C5H10O2/c15-13(16,17)9-5-10(14(18,19)20)7-11(6-9)26(24,25)22-12(23)8-1-3-21-4-2-8;1-5(2,3)7-4-6/h5-8,21H,1-4H2,(H,22,23);4H,1-3H3. The minimum atomic E-state index is -5.19. The molecule has 2 N–H and O–H groups in total. The lowest BCUT2D eigenvalue weighted by Crippen LogP contribution is -2.40. The molecule has 188 valence electrons. The van der Waals surface area contributed by atoms with Gasteiger partial charge in [0.2, 0.25) is 5.91 Å². The average molecular weight is 506 g/mol. The van der Waals surface area contributed by atoms with Crippen LogP contribution in [0.1, 0.15) is 44.7 Å². The van der Waals surface area contributed by atoms with Crippen LogP contribution in [0.15, 0.2) is 23.1 Å². The monoisotopic (exact) mass is 506 g/mol. The van der Waals surface area contributed by atoms with Crippen molar-refractivity contribution in [2.45, 2.75) is 56.5 Å². The number of halogens is 6. The maximum absolute atomic E-state index is 12.8. The maximum Gasteiger partial charge on any atom is 0.416 e. The molecule has 0 atom stereocenters. The van der Waals surface area contributed by atoms with Gasteiger partial charge in [0.05, 0.1) is 16.0 Å². The van der Waals surface area contributed by atoms with Crippen molar-refractivity contribution in [3.63, 3.8) is 0 Å². The van der Waals surface area contributed by atoms with E-state index in [2.05, 4.69) is 10.1 Å². The van der Waals surface area contributed by atoms with E-state index in [1.54, 1.807) is 4.72 Å². The quantitative estimate of drug-likeness (QED) is 0.479. The van der Waals surface area contributed by atoms with E-state index in [0.717, 1.165) is 0 Å². The first-order chi connectivity index (χ1) is 14.9.